The molecule has 0 aliphatic heterocycles. The average molecular weight is 426 g/mol. The number of imidazole rings is 2. The number of aryl methyl sites for hydroxylation is 2. The number of benzene rings is 1. The van der Waals surface area contributed by atoms with Crippen LogP contribution < -0.4 is 11.2 Å². The number of allylic oxidation sites excluding steroid dienone is 2. The van der Waals surface area contributed by atoms with Gasteiger partial charge in [-0.05, 0) is 23.7 Å². The number of aromatic nitrogens is 6. The smallest absolute Gasteiger partial charge is 0.332 e. The van der Waals surface area contributed by atoms with Crippen LogP contribution in [0.15, 0.2) is 39.6 Å². The second-order valence-electron chi connectivity index (χ2n) is 6.76. The predicted molar refractivity (Wildman–Crippen MR) is 111 cm³/mol. The zero-order chi connectivity index (χ0) is 21.7. The number of halogens is 1. The third-order valence-electron chi connectivity index (χ3n) is 5.02. The number of para-hydroxylation sites is 2. The minimum absolute atomic E-state index is 0.0402. The highest BCUT2D eigenvalue weighted by Crippen LogP contribution is 2.24. The monoisotopic (exact) mass is 425 g/mol. The van der Waals surface area contributed by atoms with Crippen molar-refractivity contribution in [2.45, 2.75) is 6.54 Å². The largest absolute Gasteiger partial charge is 0.509 e. The first-order valence-corrected chi connectivity index (χ1v) is 9.19. The van der Waals surface area contributed by atoms with E-state index in [1.54, 1.807) is 17.7 Å². The van der Waals surface area contributed by atoms with Crippen molar-refractivity contribution in [1.29, 1.82) is 5.26 Å². The van der Waals surface area contributed by atoms with Crippen LogP contribution in [0.5, 0.6) is 0 Å². The van der Waals surface area contributed by atoms with Crippen molar-refractivity contribution in [1.82, 2.24) is 28.2 Å². The van der Waals surface area contributed by atoms with E-state index in [0.717, 1.165) is 10.1 Å². The van der Waals surface area contributed by atoms with Crippen LogP contribution in [-0.2, 0) is 27.7 Å². The molecule has 4 rings (SSSR count). The van der Waals surface area contributed by atoms with Crippen LogP contribution in [-0.4, -0.2) is 33.3 Å². The number of aliphatic hydroxyl groups excluding tert-OH is 1. The van der Waals surface area contributed by atoms with E-state index in [4.69, 9.17) is 11.6 Å². The Morgan fingerprint density at radius 1 is 1.13 bits per heavy atom. The lowest BCUT2D eigenvalue weighted by Gasteiger charge is -2.09. The molecule has 0 saturated carbocycles. The number of hydrogen-bond donors (Lipinski definition) is 1. The lowest BCUT2D eigenvalue weighted by Crippen LogP contribution is -2.37. The van der Waals surface area contributed by atoms with Crippen LogP contribution in [0, 0.1) is 11.3 Å². The maximum Gasteiger partial charge on any atom is 0.332 e. The van der Waals surface area contributed by atoms with Crippen molar-refractivity contribution < 1.29 is 5.11 Å². The van der Waals surface area contributed by atoms with Crippen LogP contribution in [0.3, 0.4) is 0 Å². The van der Waals surface area contributed by atoms with Crippen molar-refractivity contribution in [3.05, 3.63) is 62.0 Å². The molecule has 0 unspecified atom stereocenters. The quantitative estimate of drug-likeness (QED) is 0.301. The Bertz CT molecular complexity index is 1530. The molecule has 0 aliphatic rings. The molecule has 3 aromatic heterocycles. The number of nitrogens with zero attached hydrogens (tertiary/aromatic N) is 7. The van der Waals surface area contributed by atoms with Crippen LogP contribution in [0.2, 0.25) is 5.28 Å². The van der Waals surface area contributed by atoms with Gasteiger partial charge in [-0.2, -0.15) is 10.2 Å². The van der Waals surface area contributed by atoms with Gasteiger partial charge >= 0.3 is 5.69 Å². The van der Waals surface area contributed by atoms with Gasteiger partial charge in [0.05, 0.1) is 17.6 Å². The molecule has 0 atom stereocenters. The van der Waals surface area contributed by atoms with Crippen molar-refractivity contribution in [2.24, 2.45) is 21.1 Å². The topological polar surface area (TPSA) is 124 Å². The summed E-state index contributed by atoms with van der Waals surface area (Å²) in [6.45, 7) is -0.297. The van der Waals surface area contributed by atoms with Gasteiger partial charge in [-0.25, -0.2) is 9.78 Å². The first-order chi connectivity index (χ1) is 14.3. The fourth-order valence-corrected chi connectivity index (χ4v) is 3.63. The lowest BCUT2D eigenvalue weighted by molar-refractivity contribution is 0.380. The molecular weight excluding hydrogens is 410 g/mol. The van der Waals surface area contributed by atoms with Gasteiger partial charge in [0.1, 0.15) is 17.4 Å². The molecule has 11 heteroatoms. The van der Waals surface area contributed by atoms with Gasteiger partial charge in [0.25, 0.3) is 5.56 Å². The van der Waals surface area contributed by atoms with E-state index in [1.807, 2.05) is 24.3 Å². The van der Waals surface area contributed by atoms with Gasteiger partial charge < -0.3 is 14.2 Å². The van der Waals surface area contributed by atoms with Crippen molar-refractivity contribution in [3.63, 3.8) is 0 Å². The summed E-state index contributed by atoms with van der Waals surface area (Å²) in [6.07, 6.45) is 0. The van der Waals surface area contributed by atoms with Gasteiger partial charge in [-0.1, -0.05) is 12.1 Å². The highest BCUT2D eigenvalue weighted by atomic mass is 35.5. The fourth-order valence-electron chi connectivity index (χ4n) is 3.41. The predicted octanol–water partition coefficient (Wildman–Crippen LogP) is 1.47. The molecule has 1 aromatic carbocycles. The molecule has 0 fully saturated rings. The summed E-state index contributed by atoms with van der Waals surface area (Å²) in [6, 6.07) is 9.30. The molecular formula is C19H16ClN7O3. The Balaban J connectivity index is 1.92. The third-order valence-corrected chi connectivity index (χ3v) is 5.31. The lowest BCUT2D eigenvalue weighted by atomic mass is 10.2. The molecule has 30 heavy (non-hydrogen) atoms. The second kappa shape index (κ2) is 6.89. The molecule has 0 spiro atoms. The summed E-state index contributed by atoms with van der Waals surface area (Å²) in [4.78, 5) is 33.3. The summed E-state index contributed by atoms with van der Waals surface area (Å²) < 4.78 is 5.07. The molecule has 0 radical (unpaired) electrons. The van der Waals surface area contributed by atoms with E-state index in [-0.39, 0.29) is 40.1 Å². The van der Waals surface area contributed by atoms with E-state index >= 15 is 0 Å². The Morgan fingerprint density at radius 2 is 1.83 bits per heavy atom. The highest BCUT2D eigenvalue weighted by molar-refractivity contribution is 6.29. The summed E-state index contributed by atoms with van der Waals surface area (Å²) in [5.74, 6) is -0.0648. The Morgan fingerprint density at radius 3 is 2.50 bits per heavy atom. The minimum atomic E-state index is -0.610. The van der Waals surface area contributed by atoms with Crippen LogP contribution in [0.25, 0.3) is 27.8 Å². The summed E-state index contributed by atoms with van der Waals surface area (Å²) in [7, 11) is 4.54. The van der Waals surface area contributed by atoms with E-state index < -0.39 is 11.2 Å². The zero-order valence-electron chi connectivity index (χ0n) is 16.3. The normalized spacial score (nSPS) is 12.4. The highest BCUT2D eigenvalue weighted by Gasteiger charge is 2.22. The third kappa shape index (κ3) is 2.71. The van der Waals surface area contributed by atoms with Gasteiger partial charge in [0.15, 0.2) is 17.0 Å². The molecule has 152 valence electrons. The average Bonchev–Trinajstić information content (AvgIpc) is 3.23. The minimum Gasteiger partial charge on any atom is -0.509 e. The van der Waals surface area contributed by atoms with Crippen molar-refractivity contribution in [2.75, 3.05) is 0 Å². The van der Waals surface area contributed by atoms with E-state index in [2.05, 4.69) is 9.97 Å². The molecule has 10 nitrogen and oxygen atoms in total. The summed E-state index contributed by atoms with van der Waals surface area (Å²) >= 11 is 6.20. The SMILES string of the molecule is Cn1c(=O)c2c(nc(Cl)n2C/C(O)=C(\C#N)c2nc3ccccc3n2C)n(C)c1=O. The first kappa shape index (κ1) is 19.5. The van der Waals surface area contributed by atoms with Gasteiger partial charge in [-0.3, -0.25) is 13.9 Å². The zero-order valence-corrected chi connectivity index (χ0v) is 17.0. The number of aliphatic hydroxyl groups is 1. The maximum absolute atomic E-state index is 12.6. The fraction of sp³-hybridized carbons (Fsp3) is 0.211. The molecule has 0 saturated heterocycles. The molecule has 0 amide bonds. The number of fused-ring (bicyclic) bond motifs is 2. The standard InChI is InChI=1S/C19H16ClN7O3/c1-24-12-7-5-4-6-11(12)22-15(24)10(8-21)13(28)9-27-14-16(23-18(27)20)25(2)19(30)26(3)17(14)29/h4-7,28H,9H2,1-3H3/b13-10-. The number of rotatable bonds is 3. The second-order valence-corrected chi connectivity index (χ2v) is 7.10. The molecule has 1 N–H and O–H groups in total. The van der Waals surface area contributed by atoms with Gasteiger partial charge in [0, 0.05) is 21.1 Å². The van der Waals surface area contributed by atoms with Crippen LogP contribution in [0.4, 0.5) is 0 Å². The van der Waals surface area contributed by atoms with Gasteiger partial charge in [-0.15, -0.1) is 0 Å². The Hall–Kier alpha value is -3.84. The summed E-state index contributed by atoms with van der Waals surface area (Å²) in [5.41, 5.74) is 0.370. The number of hydrogen-bond acceptors (Lipinski definition) is 6. The molecule has 0 aliphatic carbocycles. The number of nitriles is 1. The van der Waals surface area contributed by atoms with Crippen molar-refractivity contribution >= 4 is 39.4 Å². The first-order valence-electron chi connectivity index (χ1n) is 8.82. The van der Waals surface area contributed by atoms with E-state index in [1.165, 1.54) is 23.2 Å². The van der Waals surface area contributed by atoms with Crippen LogP contribution in [0.1, 0.15) is 5.82 Å². The maximum atomic E-state index is 12.6. The van der Waals surface area contributed by atoms with Crippen LogP contribution >= 0.6 is 11.6 Å². The van der Waals surface area contributed by atoms with E-state index in [0.29, 0.717) is 5.52 Å². The Kier molecular flexibility index (Phi) is 4.47. The van der Waals surface area contributed by atoms with Crippen molar-refractivity contribution in [3.8, 4) is 6.07 Å². The van der Waals surface area contributed by atoms with E-state index in [9.17, 15) is 20.0 Å². The molecule has 0 bridgehead atoms. The Labute approximate surface area is 174 Å². The molecule has 3 heterocycles. The van der Waals surface area contributed by atoms with Gasteiger partial charge in [0.2, 0.25) is 5.28 Å². The summed E-state index contributed by atoms with van der Waals surface area (Å²) in [5, 5.41) is 20.4. The molecule has 4 aromatic rings.